The van der Waals surface area contributed by atoms with Crippen LogP contribution in [-0.4, -0.2) is 58.6 Å². The third kappa shape index (κ3) is 8.36. The van der Waals surface area contributed by atoms with Crippen LogP contribution in [0, 0.1) is 0 Å². The van der Waals surface area contributed by atoms with E-state index in [4.69, 9.17) is 4.74 Å². The Labute approximate surface area is 203 Å². The van der Waals surface area contributed by atoms with Gasteiger partial charge in [0.2, 0.25) is 10.0 Å². The van der Waals surface area contributed by atoms with E-state index in [1.54, 1.807) is 7.05 Å². The van der Waals surface area contributed by atoms with Crippen molar-refractivity contribution in [2.75, 3.05) is 39.9 Å². The van der Waals surface area contributed by atoms with Crippen LogP contribution in [0.3, 0.4) is 0 Å². The second kappa shape index (κ2) is 13.4. The molecule has 0 radical (unpaired) electrons. The van der Waals surface area contributed by atoms with Crippen LogP contribution < -0.4 is 10.6 Å². The molecule has 0 spiro atoms. The molecule has 0 saturated carbocycles. The molecule has 0 atom stereocenters. The molecule has 0 amide bonds. The van der Waals surface area contributed by atoms with Crippen molar-refractivity contribution < 1.29 is 13.2 Å². The van der Waals surface area contributed by atoms with E-state index in [0.29, 0.717) is 32.8 Å². The maximum atomic E-state index is 12.8. The Bertz CT molecular complexity index is 852. The number of guanidine groups is 1. The van der Waals surface area contributed by atoms with E-state index < -0.39 is 10.0 Å². The lowest BCUT2D eigenvalue weighted by Crippen LogP contribution is -2.41. The summed E-state index contributed by atoms with van der Waals surface area (Å²) >= 11 is 0. The molecule has 3 rings (SSSR count). The number of nitrogens with one attached hydrogen (secondary N) is 2. The molecular weight excluding hydrogens is 527 g/mol. The molecule has 7 nitrogen and oxygen atoms in total. The molecule has 1 fully saturated rings. The summed E-state index contributed by atoms with van der Waals surface area (Å²) in [6.07, 6.45) is 8.41. The number of benzene rings is 1. The normalized spacial score (nSPS) is 18.1. The molecule has 1 heterocycles. The van der Waals surface area contributed by atoms with Crippen molar-refractivity contribution in [1.82, 2.24) is 14.9 Å². The van der Waals surface area contributed by atoms with Crippen LogP contribution in [0.5, 0.6) is 0 Å². The van der Waals surface area contributed by atoms with E-state index >= 15 is 0 Å². The van der Waals surface area contributed by atoms with Crippen molar-refractivity contribution in [3.63, 3.8) is 0 Å². The third-order valence-corrected chi connectivity index (χ3v) is 7.44. The monoisotopic (exact) mass is 562 g/mol. The molecule has 9 heteroatoms. The van der Waals surface area contributed by atoms with Crippen LogP contribution in [-0.2, 0) is 27.1 Å². The number of hydrogen-bond acceptors (Lipinski definition) is 4. The van der Waals surface area contributed by atoms with Crippen LogP contribution in [0.25, 0.3) is 0 Å². The van der Waals surface area contributed by atoms with Crippen molar-refractivity contribution >= 4 is 40.0 Å². The van der Waals surface area contributed by atoms with E-state index in [2.05, 4.69) is 21.7 Å². The zero-order valence-corrected chi connectivity index (χ0v) is 21.5. The highest BCUT2D eigenvalue weighted by atomic mass is 127. The number of ether oxygens (including phenoxy) is 1. The Morgan fingerprint density at radius 1 is 1.13 bits per heavy atom. The number of morpholine rings is 1. The molecular formula is C22H35IN4O3S. The first-order valence-corrected chi connectivity index (χ1v) is 12.4. The van der Waals surface area contributed by atoms with Gasteiger partial charge in [-0.15, -0.1) is 24.0 Å². The number of hydrogen-bond donors (Lipinski definition) is 2. The first-order valence-electron chi connectivity index (χ1n) is 10.8. The minimum atomic E-state index is -3.36. The summed E-state index contributed by atoms with van der Waals surface area (Å²) in [5.41, 5.74) is 3.31. The fraction of sp³-hybridized carbons (Fsp3) is 0.591. The Balaban J connectivity index is 0.00000341. The molecule has 1 saturated heterocycles. The van der Waals surface area contributed by atoms with Crippen LogP contribution >= 0.6 is 24.0 Å². The molecule has 1 aromatic carbocycles. The summed E-state index contributed by atoms with van der Waals surface area (Å²) in [4.78, 5) is 4.30. The summed E-state index contributed by atoms with van der Waals surface area (Å²) in [5, 5.41) is 6.68. The lowest BCUT2D eigenvalue weighted by atomic mass is 9.97. The van der Waals surface area contributed by atoms with Crippen molar-refractivity contribution in [3.8, 4) is 0 Å². The van der Waals surface area contributed by atoms with E-state index in [1.165, 1.54) is 35.6 Å². The molecule has 0 aromatic heterocycles. The SMILES string of the molecule is CN=C(NCCC1=CCCCC1)NCc1ccccc1CS(=O)(=O)N1CCOCC1.I. The van der Waals surface area contributed by atoms with Gasteiger partial charge in [0.05, 0.1) is 19.0 Å². The van der Waals surface area contributed by atoms with Crippen LogP contribution in [0.15, 0.2) is 40.9 Å². The Hall–Kier alpha value is -1.17. The lowest BCUT2D eigenvalue weighted by Gasteiger charge is -2.26. The van der Waals surface area contributed by atoms with Crippen LogP contribution in [0.2, 0.25) is 0 Å². The maximum Gasteiger partial charge on any atom is 0.218 e. The fourth-order valence-corrected chi connectivity index (χ4v) is 5.42. The zero-order valence-electron chi connectivity index (χ0n) is 18.3. The topological polar surface area (TPSA) is 83.0 Å². The van der Waals surface area contributed by atoms with Gasteiger partial charge in [-0.1, -0.05) is 35.9 Å². The fourth-order valence-electron chi connectivity index (χ4n) is 3.86. The molecule has 1 aliphatic heterocycles. The summed E-state index contributed by atoms with van der Waals surface area (Å²) in [6, 6.07) is 7.68. The van der Waals surface area contributed by atoms with Crippen molar-refractivity contribution in [2.24, 2.45) is 4.99 Å². The molecule has 2 N–H and O–H groups in total. The van der Waals surface area contributed by atoms with Gasteiger partial charge >= 0.3 is 0 Å². The van der Waals surface area contributed by atoms with Gasteiger partial charge < -0.3 is 15.4 Å². The molecule has 31 heavy (non-hydrogen) atoms. The van der Waals surface area contributed by atoms with Crippen molar-refractivity contribution in [2.45, 2.75) is 44.4 Å². The maximum absolute atomic E-state index is 12.8. The van der Waals surface area contributed by atoms with Gasteiger partial charge in [0, 0.05) is 33.2 Å². The quantitative estimate of drug-likeness (QED) is 0.220. The molecule has 0 bridgehead atoms. The largest absolute Gasteiger partial charge is 0.379 e. The van der Waals surface area contributed by atoms with Gasteiger partial charge in [0.1, 0.15) is 0 Å². The first-order chi connectivity index (χ1) is 14.6. The summed E-state index contributed by atoms with van der Waals surface area (Å²) in [5.74, 6) is 0.739. The average molecular weight is 563 g/mol. The highest BCUT2D eigenvalue weighted by Crippen LogP contribution is 2.19. The van der Waals surface area contributed by atoms with E-state index in [9.17, 15) is 8.42 Å². The highest BCUT2D eigenvalue weighted by Gasteiger charge is 2.25. The number of rotatable bonds is 8. The van der Waals surface area contributed by atoms with Crippen LogP contribution in [0.4, 0.5) is 0 Å². The highest BCUT2D eigenvalue weighted by molar-refractivity contribution is 14.0. The van der Waals surface area contributed by atoms with E-state index in [0.717, 1.165) is 30.1 Å². The van der Waals surface area contributed by atoms with Gasteiger partial charge in [-0.05, 0) is 43.2 Å². The number of sulfonamides is 1. The van der Waals surface area contributed by atoms with Crippen LogP contribution in [0.1, 0.15) is 43.2 Å². The number of nitrogens with zero attached hydrogens (tertiary/aromatic N) is 2. The van der Waals surface area contributed by atoms with Gasteiger partial charge in [-0.2, -0.15) is 4.31 Å². The summed E-state index contributed by atoms with van der Waals surface area (Å²) < 4.78 is 32.4. The number of allylic oxidation sites excluding steroid dienone is 1. The molecule has 1 aromatic rings. The third-order valence-electron chi connectivity index (χ3n) is 5.61. The minimum Gasteiger partial charge on any atom is -0.379 e. The Morgan fingerprint density at radius 3 is 2.55 bits per heavy atom. The molecule has 174 valence electrons. The van der Waals surface area contributed by atoms with Gasteiger partial charge in [-0.25, -0.2) is 8.42 Å². The van der Waals surface area contributed by atoms with Crippen molar-refractivity contribution in [1.29, 1.82) is 0 Å². The predicted octanol–water partition coefficient (Wildman–Crippen LogP) is 3.02. The Morgan fingerprint density at radius 2 is 1.87 bits per heavy atom. The van der Waals surface area contributed by atoms with Crippen molar-refractivity contribution in [3.05, 3.63) is 47.0 Å². The zero-order chi connectivity index (χ0) is 21.2. The second-order valence-corrected chi connectivity index (χ2v) is 9.72. The summed E-state index contributed by atoms with van der Waals surface area (Å²) in [7, 11) is -1.60. The molecule has 0 unspecified atom stereocenters. The second-order valence-electron chi connectivity index (χ2n) is 7.75. The minimum absolute atomic E-state index is 0. The van der Waals surface area contributed by atoms with E-state index in [-0.39, 0.29) is 29.7 Å². The van der Waals surface area contributed by atoms with Gasteiger partial charge in [0.25, 0.3) is 0 Å². The molecule has 2 aliphatic rings. The smallest absolute Gasteiger partial charge is 0.218 e. The number of aliphatic imine (C=N–C) groups is 1. The average Bonchev–Trinajstić information content (AvgIpc) is 2.78. The predicted molar refractivity (Wildman–Crippen MR) is 136 cm³/mol. The van der Waals surface area contributed by atoms with Gasteiger partial charge in [-0.3, -0.25) is 4.99 Å². The van der Waals surface area contributed by atoms with E-state index in [1.807, 2.05) is 24.3 Å². The Kier molecular flexibility index (Phi) is 11.3. The standard InChI is InChI=1S/C22H34N4O3S.HI/c1-23-22(24-12-11-19-7-3-2-4-8-19)25-17-20-9-5-6-10-21(20)18-30(27,28)26-13-15-29-16-14-26;/h5-7,9-10H,2-4,8,11-18H2,1H3,(H2,23,24,25);1H. The van der Waals surface area contributed by atoms with Gasteiger partial charge in [0.15, 0.2) is 5.96 Å². The summed E-state index contributed by atoms with van der Waals surface area (Å²) in [6.45, 7) is 3.14. The number of halogens is 1. The lowest BCUT2D eigenvalue weighted by molar-refractivity contribution is 0.0729. The molecule has 1 aliphatic carbocycles. The first kappa shape index (κ1) is 26.1.